The van der Waals surface area contributed by atoms with Crippen LogP contribution in [-0.2, 0) is 11.8 Å². The molecule has 0 N–H and O–H groups in total. The molecular weight excluding hydrogens is 486 g/mol. The first-order valence-corrected chi connectivity index (χ1v) is 11.4. The Hall–Kier alpha value is -3.49. The highest BCUT2D eigenvalue weighted by atomic mass is 35.5. The van der Waals surface area contributed by atoms with Crippen LogP contribution < -0.4 is 4.90 Å². The van der Waals surface area contributed by atoms with Crippen LogP contribution in [0.1, 0.15) is 12.0 Å². The number of aryl methyl sites for hydroxylation is 1. The summed E-state index contributed by atoms with van der Waals surface area (Å²) in [5, 5.41) is 13.2. The summed E-state index contributed by atoms with van der Waals surface area (Å²) in [6, 6.07) is 2.57. The van der Waals surface area contributed by atoms with Crippen LogP contribution >= 0.6 is 23.4 Å². The van der Waals surface area contributed by atoms with Gasteiger partial charge < -0.3 is 4.90 Å². The summed E-state index contributed by atoms with van der Waals surface area (Å²) >= 11 is 7.27. The lowest BCUT2D eigenvalue weighted by Gasteiger charge is -2.40. The normalized spacial score (nSPS) is 20.0. The number of hydrogen-bond donors (Lipinski definition) is 0. The molecule has 5 rings (SSSR count). The molecule has 1 aromatic carbocycles. The molecular formula is C22H15ClF2N6O2S. The van der Waals surface area contributed by atoms with Gasteiger partial charge in [0.25, 0.3) is 5.91 Å². The van der Waals surface area contributed by atoms with Crippen LogP contribution in [0.4, 0.5) is 19.3 Å². The van der Waals surface area contributed by atoms with Crippen molar-refractivity contribution >= 4 is 56.8 Å². The van der Waals surface area contributed by atoms with Crippen LogP contribution in [0.15, 0.2) is 36.8 Å². The molecule has 2 aliphatic heterocycles. The summed E-state index contributed by atoms with van der Waals surface area (Å²) in [4.78, 5) is 34.3. The zero-order chi connectivity index (χ0) is 24.1. The molecule has 0 saturated carbocycles. The third-order valence-electron chi connectivity index (χ3n) is 5.75. The second-order valence-electron chi connectivity index (χ2n) is 7.73. The van der Waals surface area contributed by atoms with Gasteiger partial charge in [0.2, 0.25) is 0 Å². The number of halogens is 3. The van der Waals surface area contributed by atoms with Gasteiger partial charge in [0.1, 0.15) is 5.25 Å². The van der Waals surface area contributed by atoms with Gasteiger partial charge in [0, 0.05) is 35.6 Å². The molecule has 1 fully saturated rings. The van der Waals surface area contributed by atoms with E-state index in [2.05, 4.69) is 10.1 Å². The molecule has 2 atom stereocenters. The van der Waals surface area contributed by atoms with Crippen LogP contribution in [0.3, 0.4) is 0 Å². The maximum Gasteiger partial charge on any atom is 0.332 e. The van der Waals surface area contributed by atoms with E-state index < -0.39 is 34.9 Å². The van der Waals surface area contributed by atoms with Crippen molar-refractivity contribution in [2.45, 2.75) is 17.7 Å². The Kier molecular flexibility index (Phi) is 5.50. The summed E-state index contributed by atoms with van der Waals surface area (Å²) in [7, 11) is 1.69. The third kappa shape index (κ3) is 3.41. The van der Waals surface area contributed by atoms with E-state index in [0.717, 1.165) is 28.8 Å². The lowest BCUT2D eigenvalue weighted by atomic mass is 10.0. The van der Waals surface area contributed by atoms with Crippen LogP contribution in [0.2, 0.25) is 5.02 Å². The van der Waals surface area contributed by atoms with E-state index in [1.807, 2.05) is 6.07 Å². The minimum absolute atomic E-state index is 0.0145. The third-order valence-corrected chi connectivity index (χ3v) is 7.40. The average molecular weight is 501 g/mol. The smallest absolute Gasteiger partial charge is 0.315 e. The topological polar surface area (TPSA) is 95.1 Å². The monoisotopic (exact) mass is 500 g/mol. The maximum atomic E-state index is 13.9. The first-order chi connectivity index (χ1) is 16.3. The first-order valence-electron chi connectivity index (χ1n) is 10.1. The minimum atomic E-state index is -1.08. The van der Waals surface area contributed by atoms with Crippen LogP contribution in [0.25, 0.3) is 15.8 Å². The van der Waals surface area contributed by atoms with Gasteiger partial charge in [-0.15, -0.1) is 11.8 Å². The Morgan fingerprint density at radius 2 is 1.97 bits per heavy atom. The number of thioether (sulfide) groups is 1. The number of amides is 3. The first kappa shape index (κ1) is 22.3. The Balaban J connectivity index is 1.60. The molecule has 3 amide bonds. The van der Waals surface area contributed by atoms with Crippen molar-refractivity contribution < 1.29 is 18.4 Å². The molecule has 8 nitrogen and oxygen atoms in total. The molecule has 2 unspecified atom stereocenters. The average Bonchev–Trinajstić information content (AvgIpc) is 3.41. The van der Waals surface area contributed by atoms with Crippen molar-refractivity contribution in [3.63, 3.8) is 0 Å². The summed E-state index contributed by atoms with van der Waals surface area (Å²) in [6.45, 7) is 0.0743. The van der Waals surface area contributed by atoms with Crippen molar-refractivity contribution in [2.24, 2.45) is 7.05 Å². The zero-order valence-corrected chi connectivity index (χ0v) is 19.1. The van der Waals surface area contributed by atoms with Crippen molar-refractivity contribution in [3.05, 3.63) is 59.0 Å². The number of fused-ring (bicyclic) bond motifs is 2. The van der Waals surface area contributed by atoms with Gasteiger partial charge in [-0.05, 0) is 18.2 Å². The lowest BCUT2D eigenvalue weighted by Crippen LogP contribution is -2.62. The van der Waals surface area contributed by atoms with Crippen molar-refractivity contribution in [2.75, 3.05) is 11.4 Å². The number of urea groups is 1. The highest BCUT2D eigenvalue weighted by Crippen LogP contribution is 2.47. The number of hydrogen-bond acceptors (Lipinski definition) is 6. The van der Waals surface area contributed by atoms with E-state index in [9.17, 15) is 18.4 Å². The standard InChI is InChI=1S/C22H15ClF2N6O2S/c1-29-19-11(9-28-29)8-27-10-17(19)31-21(32)20-16(30(22(31)33)4-2-3-26)7-18(34-20)12-5-14(24)15(25)6-13(12)23/h5-10,16,20H,2,4H2,1H3. The van der Waals surface area contributed by atoms with E-state index in [1.54, 1.807) is 30.2 Å². The van der Waals surface area contributed by atoms with E-state index in [-0.39, 0.29) is 29.2 Å². The van der Waals surface area contributed by atoms with E-state index in [1.165, 1.54) is 11.1 Å². The SMILES string of the molecule is Cn1ncc2cncc(N3C(=O)C4SC(c5cc(F)c(F)cc5Cl)=CC4N(CCC#N)C3=O)c21. The highest BCUT2D eigenvalue weighted by molar-refractivity contribution is 8.09. The van der Waals surface area contributed by atoms with Gasteiger partial charge in [-0.1, -0.05) is 11.6 Å². The molecule has 12 heteroatoms. The molecule has 2 aliphatic rings. The number of rotatable bonds is 4. The molecule has 0 radical (unpaired) electrons. The number of nitrogens with zero attached hydrogens (tertiary/aromatic N) is 6. The summed E-state index contributed by atoms with van der Waals surface area (Å²) < 4.78 is 29.1. The van der Waals surface area contributed by atoms with Crippen LogP contribution in [-0.4, -0.2) is 49.4 Å². The molecule has 1 saturated heterocycles. The largest absolute Gasteiger partial charge is 0.332 e. The second kappa shape index (κ2) is 8.38. The fourth-order valence-corrected chi connectivity index (χ4v) is 5.86. The predicted octanol–water partition coefficient (Wildman–Crippen LogP) is 4.11. The van der Waals surface area contributed by atoms with Crippen molar-refractivity contribution in [3.8, 4) is 6.07 Å². The molecule has 4 heterocycles. The number of pyridine rings is 1. The fourth-order valence-electron chi connectivity index (χ4n) is 4.19. The Bertz CT molecular complexity index is 1430. The molecule has 34 heavy (non-hydrogen) atoms. The van der Waals surface area contributed by atoms with Gasteiger partial charge >= 0.3 is 6.03 Å². The van der Waals surface area contributed by atoms with Crippen molar-refractivity contribution in [1.29, 1.82) is 5.26 Å². The summed E-state index contributed by atoms with van der Waals surface area (Å²) in [5.74, 6) is -2.65. The maximum absolute atomic E-state index is 13.9. The van der Waals surface area contributed by atoms with Crippen LogP contribution in [0.5, 0.6) is 0 Å². The molecule has 0 spiro atoms. The number of carbonyl (C=O) groups excluding carboxylic acids is 2. The van der Waals surface area contributed by atoms with Gasteiger partial charge in [-0.25, -0.2) is 18.5 Å². The molecule has 2 aromatic heterocycles. The predicted molar refractivity (Wildman–Crippen MR) is 123 cm³/mol. The minimum Gasteiger partial charge on any atom is -0.315 e. The number of imide groups is 1. The lowest BCUT2D eigenvalue weighted by molar-refractivity contribution is -0.119. The van der Waals surface area contributed by atoms with E-state index >= 15 is 0 Å². The Labute approximate surface area is 201 Å². The Morgan fingerprint density at radius 1 is 1.21 bits per heavy atom. The number of carbonyl (C=O) groups is 2. The van der Waals surface area contributed by atoms with Crippen molar-refractivity contribution in [1.82, 2.24) is 19.7 Å². The van der Waals surface area contributed by atoms with Gasteiger partial charge in [-0.3, -0.25) is 14.5 Å². The van der Waals surface area contributed by atoms with Gasteiger partial charge in [0.15, 0.2) is 11.6 Å². The quantitative estimate of drug-likeness (QED) is 0.500. The Morgan fingerprint density at radius 3 is 2.74 bits per heavy atom. The van der Waals surface area contributed by atoms with Gasteiger partial charge in [-0.2, -0.15) is 10.4 Å². The highest BCUT2D eigenvalue weighted by Gasteiger charge is 2.50. The summed E-state index contributed by atoms with van der Waals surface area (Å²) in [5.41, 5.74) is 1.05. The fraction of sp³-hybridized carbons (Fsp3) is 0.227. The molecule has 0 aliphatic carbocycles. The van der Waals surface area contributed by atoms with Crippen LogP contribution in [0, 0.1) is 23.0 Å². The summed E-state index contributed by atoms with van der Waals surface area (Å²) in [6.07, 6.45) is 6.26. The molecule has 172 valence electrons. The molecule has 3 aromatic rings. The molecule has 0 bridgehead atoms. The number of benzene rings is 1. The van der Waals surface area contributed by atoms with E-state index in [4.69, 9.17) is 16.9 Å². The number of aromatic nitrogens is 3. The van der Waals surface area contributed by atoms with E-state index in [0.29, 0.717) is 15.8 Å². The second-order valence-corrected chi connectivity index (χ2v) is 9.32. The number of nitriles is 1. The van der Waals surface area contributed by atoms with Gasteiger partial charge in [0.05, 0.1) is 47.2 Å². The zero-order valence-electron chi connectivity index (χ0n) is 17.6. The number of anilines is 1.